The summed E-state index contributed by atoms with van der Waals surface area (Å²) >= 11 is 0. The van der Waals surface area contributed by atoms with Crippen molar-refractivity contribution in [3.05, 3.63) is 47.8 Å². The van der Waals surface area contributed by atoms with Gasteiger partial charge < -0.3 is 9.64 Å². The first-order chi connectivity index (χ1) is 10.3. The van der Waals surface area contributed by atoms with Gasteiger partial charge in [-0.3, -0.25) is 5.10 Å². The topological polar surface area (TPSA) is 41.1 Å². The van der Waals surface area contributed by atoms with Crippen molar-refractivity contribution in [2.45, 2.75) is 25.2 Å². The summed E-state index contributed by atoms with van der Waals surface area (Å²) in [5, 5.41) is 6.98. The molecule has 0 amide bonds. The monoisotopic (exact) mass is 285 g/mol. The molecule has 1 aromatic heterocycles. The van der Waals surface area contributed by atoms with Crippen molar-refractivity contribution in [1.82, 2.24) is 15.1 Å². The van der Waals surface area contributed by atoms with E-state index in [-0.39, 0.29) is 0 Å². The van der Waals surface area contributed by atoms with Gasteiger partial charge >= 0.3 is 0 Å². The minimum absolute atomic E-state index is 0.681. The van der Waals surface area contributed by atoms with Crippen LogP contribution < -0.4 is 4.74 Å². The standard InChI is InChI=1S/C17H23N3O/c1-21-17-4-2-14(3-5-17)6-9-20-10-7-15(8-11-20)16-12-18-19-13-16/h2-5,12-13,15H,6-11H2,1H3,(H,18,19). The van der Waals surface area contributed by atoms with Crippen LogP contribution in [-0.4, -0.2) is 41.8 Å². The summed E-state index contributed by atoms with van der Waals surface area (Å²) in [5.41, 5.74) is 2.75. The second-order valence-corrected chi connectivity index (χ2v) is 5.75. The lowest BCUT2D eigenvalue weighted by molar-refractivity contribution is 0.214. The molecule has 0 atom stereocenters. The number of rotatable bonds is 5. The van der Waals surface area contributed by atoms with E-state index in [4.69, 9.17) is 4.74 Å². The van der Waals surface area contributed by atoms with Crippen molar-refractivity contribution in [1.29, 1.82) is 0 Å². The zero-order valence-corrected chi connectivity index (χ0v) is 12.6. The molecule has 112 valence electrons. The van der Waals surface area contributed by atoms with Gasteiger partial charge in [0.15, 0.2) is 0 Å². The molecule has 0 radical (unpaired) electrons. The number of ether oxygens (including phenoxy) is 1. The van der Waals surface area contributed by atoms with E-state index in [1.165, 1.54) is 37.1 Å². The van der Waals surface area contributed by atoms with Gasteiger partial charge in [0.1, 0.15) is 5.75 Å². The third-order valence-corrected chi connectivity index (χ3v) is 4.45. The first kappa shape index (κ1) is 14.1. The van der Waals surface area contributed by atoms with Crippen LogP contribution in [0.3, 0.4) is 0 Å². The summed E-state index contributed by atoms with van der Waals surface area (Å²) < 4.78 is 5.19. The van der Waals surface area contributed by atoms with Crippen molar-refractivity contribution in [2.24, 2.45) is 0 Å². The quantitative estimate of drug-likeness (QED) is 0.918. The van der Waals surface area contributed by atoms with E-state index in [9.17, 15) is 0 Å². The van der Waals surface area contributed by atoms with Crippen LogP contribution in [0.4, 0.5) is 0 Å². The van der Waals surface area contributed by atoms with E-state index in [2.05, 4.69) is 27.2 Å². The fourth-order valence-electron chi connectivity index (χ4n) is 3.05. The molecule has 2 aromatic rings. The van der Waals surface area contributed by atoms with Crippen molar-refractivity contribution in [3.63, 3.8) is 0 Å². The Morgan fingerprint density at radius 1 is 1.24 bits per heavy atom. The Kier molecular flexibility index (Phi) is 4.55. The largest absolute Gasteiger partial charge is 0.497 e. The third-order valence-electron chi connectivity index (χ3n) is 4.45. The zero-order chi connectivity index (χ0) is 14.5. The Labute approximate surface area is 126 Å². The molecule has 0 bridgehead atoms. The number of benzene rings is 1. The van der Waals surface area contributed by atoms with Crippen LogP contribution in [-0.2, 0) is 6.42 Å². The molecular weight excluding hydrogens is 262 g/mol. The maximum absolute atomic E-state index is 5.19. The molecule has 0 unspecified atom stereocenters. The molecule has 1 fully saturated rings. The number of likely N-dealkylation sites (tertiary alicyclic amines) is 1. The van der Waals surface area contributed by atoms with Gasteiger partial charge in [0.25, 0.3) is 0 Å². The smallest absolute Gasteiger partial charge is 0.118 e. The van der Waals surface area contributed by atoms with Crippen molar-refractivity contribution < 1.29 is 4.74 Å². The fraction of sp³-hybridized carbons (Fsp3) is 0.471. The van der Waals surface area contributed by atoms with Gasteiger partial charge in [-0.2, -0.15) is 5.10 Å². The summed E-state index contributed by atoms with van der Waals surface area (Å²) in [6.07, 6.45) is 7.60. The van der Waals surface area contributed by atoms with E-state index in [1.54, 1.807) is 7.11 Å². The van der Waals surface area contributed by atoms with E-state index in [0.717, 1.165) is 18.7 Å². The van der Waals surface area contributed by atoms with Gasteiger partial charge in [0.2, 0.25) is 0 Å². The average molecular weight is 285 g/mol. The van der Waals surface area contributed by atoms with Crippen LogP contribution in [0, 0.1) is 0 Å². The molecule has 2 heterocycles. The molecule has 0 spiro atoms. The van der Waals surface area contributed by atoms with Crippen LogP contribution in [0.25, 0.3) is 0 Å². The lowest BCUT2D eigenvalue weighted by Crippen LogP contribution is -2.34. The van der Waals surface area contributed by atoms with Gasteiger partial charge in [0, 0.05) is 12.7 Å². The number of nitrogens with one attached hydrogen (secondary N) is 1. The second kappa shape index (κ2) is 6.76. The Morgan fingerprint density at radius 3 is 2.62 bits per heavy atom. The number of H-pyrrole nitrogens is 1. The first-order valence-electron chi connectivity index (χ1n) is 7.69. The number of hydrogen-bond acceptors (Lipinski definition) is 3. The number of methoxy groups -OCH3 is 1. The molecule has 0 aliphatic carbocycles. The van der Waals surface area contributed by atoms with Crippen molar-refractivity contribution in [2.75, 3.05) is 26.7 Å². The normalized spacial score (nSPS) is 17.0. The predicted molar refractivity (Wildman–Crippen MR) is 83.7 cm³/mol. The number of aromatic nitrogens is 2. The van der Waals surface area contributed by atoms with Crippen LogP contribution in [0.2, 0.25) is 0 Å². The molecule has 1 saturated heterocycles. The van der Waals surface area contributed by atoms with Gasteiger partial charge in [-0.15, -0.1) is 0 Å². The van der Waals surface area contributed by atoms with E-state index in [0.29, 0.717) is 5.92 Å². The minimum atomic E-state index is 0.681. The molecule has 21 heavy (non-hydrogen) atoms. The Hall–Kier alpha value is -1.81. The lowest BCUT2D eigenvalue weighted by atomic mass is 9.91. The second-order valence-electron chi connectivity index (χ2n) is 5.75. The molecule has 3 rings (SSSR count). The summed E-state index contributed by atoms with van der Waals surface area (Å²) in [6, 6.07) is 8.41. The molecule has 4 heteroatoms. The molecule has 4 nitrogen and oxygen atoms in total. The first-order valence-corrected chi connectivity index (χ1v) is 7.69. The molecular formula is C17H23N3O. The lowest BCUT2D eigenvalue weighted by Gasteiger charge is -2.31. The molecule has 1 aromatic carbocycles. The van der Waals surface area contributed by atoms with Gasteiger partial charge in [-0.1, -0.05) is 12.1 Å². The van der Waals surface area contributed by atoms with Crippen molar-refractivity contribution in [3.8, 4) is 5.75 Å². The molecule has 1 N–H and O–H groups in total. The van der Waals surface area contributed by atoms with Crippen LogP contribution in [0.5, 0.6) is 5.75 Å². The predicted octanol–water partition coefficient (Wildman–Crippen LogP) is 2.84. The van der Waals surface area contributed by atoms with Crippen molar-refractivity contribution >= 4 is 0 Å². The molecule has 1 aliphatic rings. The summed E-state index contributed by atoms with van der Waals surface area (Å²) in [5.74, 6) is 1.61. The number of nitrogens with zero attached hydrogens (tertiary/aromatic N) is 2. The highest BCUT2D eigenvalue weighted by Crippen LogP contribution is 2.27. The van der Waals surface area contributed by atoms with Crippen LogP contribution in [0.15, 0.2) is 36.7 Å². The van der Waals surface area contributed by atoms with E-state index in [1.807, 2.05) is 24.5 Å². The van der Waals surface area contributed by atoms with Gasteiger partial charge in [-0.25, -0.2) is 0 Å². The van der Waals surface area contributed by atoms with Gasteiger partial charge in [-0.05, 0) is 61.5 Å². The third kappa shape index (κ3) is 3.64. The highest BCUT2D eigenvalue weighted by atomic mass is 16.5. The summed E-state index contributed by atoms with van der Waals surface area (Å²) in [4.78, 5) is 2.57. The Balaban J connectivity index is 1.44. The molecule has 0 saturated carbocycles. The SMILES string of the molecule is COc1ccc(CCN2CCC(c3cn[nH]c3)CC2)cc1. The maximum Gasteiger partial charge on any atom is 0.118 e. The Bertz CT molecular complexity index is 528. The fourth-order valence-corrected chi connectivity index (χ4v) is 3.05. The maximum atomic E-state index is 5.19. The van der Waals surface area contributed by atoms with E-state index < -0.39 is 0 Å². The highest BCUT2D eigenvalue weighted by Gasteiger charge is 2.20. The molecule has 1 aliphatic heterocycles. The average Bonchev–Trinajstić information content (AvgIpc) is 3.08. The number of piperidine rings is 1. The van der Waals surface area contributed by atoms with Crippen LogP contribution in [0.1, 0.15) is 29.9 Å². The van der Waals surface area contributed by atoms with E-state index >= 15 is 0 Å². The highest BCUT2D eigenvalue weighted by molar-refractivity contribution is 5.27. The van der Waals surface area contributed by atoms with Crippen LogP contribution >= 0.6 is 0 Å². The zero-order valence-electron chi connectivity index (χ0n) is 12.6. The summed E-state index contributed by atoms with van der Waals surface area (Å²) in [7, 11) is 1.71. The Morgan fingerprint density at radius 2 is 2.00 bits per heavy atom. The van der Waals surface area contributed by atoms with Gasteiger partial charge in [0.05, 0.1) is 13.3 Å². The number of hydrogen-bond donors (Lipinski definition) is 1. The summed E-state index contributed by atoms with van der Waals surface area (Å²) in [6.45, 7) is 3.52. The number of aromatic amines is 1. The minimum Gasteiger partial charge on any atom is -0.497 e.